The Morgan fingerprint density at radius 1 is 1.33 bits per heavy atom. The third-order valence-corrected chi connectivity index (χ3v) is 7.38. The first-order chi connectivity index (χ1) is 14.3. The molecule has 1 saturated heterocycles. The number of nitrogens with one attached hydrogen (secondary N) is 4. The van der Waals surface area contributed by atoms with Gasteiger partial charge in [0.1, 0.15) is 10.7 Å². The molecule has 0 radical (unpaired) electrons. The van der Waals surface area contributed by atoms with Gasteiger partial charge in [-0.05, 0) is 50.4 Å². The van der Waals surface area contributed by atoms with E-state index in [0.29, 0.717) is 18.3 Å². The summed E-state index contributed by atoms with van der Waals surface area (Å²) in [5.41, 5.74) is 0.375. The second-order valence-corrected chi connectivity index (χ2v) is 10.4. The SMILES string of the molecule is C[C@@H]1CNC(CNCCCCNc2cc(F)c(S(=O)(=O)Nc3nccs3)cc2Cl)C1. The number of aromatic nitrogens is 1. The fourth-order valence-electron chi connectivity index (χ4n) is 3.36. The maximum absolute atomic E-state index is 14.5. The predicted octanol–water partition coefficient (Wildman–Crippen LogP) is 3.52. The molecule has 0 spiro atoms. The minimum absolute atomic E-state index is 0.149. The highest BCUT2D eigenvalue weighted by molar-refractivity contribution is 7.93. The van der Waals surface area contributed by atoms with Crippen LogP contribution >= 0.6 is 22.9 Å². The lowest BCUT2D eigenvalue weighted by Gasteiger charge is -2.13. The second kappa shape index (κ2) is 10.7. The van der Waals surface area contributed by atoms with Crippen molar-refractivity contribution in [3.63, 3.8) is 0 Å². The number of halogens is 2. The van der Waals surface area contributed by atoms with Gasteiger partial charge in [0.05, 0.1) is 10.7 Å². The summed E-state index contributed by atoms with van der Waals surface area (Å²) in [5, 5.41) is 12.0. The molecule has 1 aromatic heterocycles. The molecule has 2 heterocycles. The van der Waals surface area contributed by atoms with Crippen LogP contribution in [0.5, 0.6) is 0 Å². The molecule has 3 rings (SSSR count). The van der Waals surface area contributed by atoms with Gasteiger partial charge in [-0.3, -0.25) is 4.72 Å². The summed E-state index contributed by atoms with van der Waals surface area (Å²) in [6, 6.07) is 2.79. The first-order valence-corrected chi connectivity index (χ1v) is 12.7. The number of hydrogen-bond acceptors (Lipinski definition) is 7. The van der Waals surface area contributed by atoms with E-state index in [4.69, 9.17) is 11.6 Å². The largest absolute Gasteiger partial charge is 0.384 e. The minimum atomic E-state index is -4.10. The van der Waals surface area contributed by atoms with E-state index in [-0.39, 0.29) is 10.2 Å². The van der Waals surface area contributed by atoms with Gasteiger partial charge in [0.15, 0.2) is 5.13 Å². The Balaban J connectivity index is 1.44. The van der Waals surface area contributed by atoms with E-state index >= 15 is 0 Å². The summed E-state index contributed by atoms with van der Waals surface area (Å²) in [5.74, 6) is -0.124. The van der Waals surface area contributed by atoms with Crippen molar-refractivity contribution >= 4 is 43.8 Å². The van der Waals surface area contributed by atoms with Crippen molar-refractivity contribution in [3.05, 3.63) is 34.5 Å². The molecule has 0 bridgehead atoms. The average Bonchev–Trinajstić information content (AvgIpc) is 3.34. The van der Waals surface area contributed by atoms with Gasteiger partial charge in [-0.1, -0.05) is 18.5 Å². The highest BCUT2D eigenvalue weighted by atomic mass is 35.5. The van der Waals surface area contributed by atoms with Gasteiger partial charge >= 0.3 is 0 Å². The zero-order valence-electron chi connectivity index (χ0n) is 16.7. The smallest absolute Gasteiger partial charge is 0.266 e. The molecular weight excluding hydrogens is 449 g/mol. The van der Waals surface area contributed by atoms with Gasteiger partial charge in [0.2, 0.25) is 0 Å². The number of unbranched alkanes of at least 4 members (excludes halogenated alkanes) is 1. The summed E-state index contributed by atoms with van der Waals surface area (Å²) in [6.07, 6.45) is 4.52. The Hall–Kier alpha value is -1.46. The molecule has 7 nitrogen and oxygen atoms in total. The fraction of sp³-hybridized carbons (Fsp3) is 0.526. The molecule has 2 atom stereocenters. The van der Waals surface area contributed by atoms with Crippen LogP contribution in [0.4, 0.5) is 15.2 Å². The van der Waals surface area contributed by atoms with Crippen LogP contribution in [0.3, 0.4) is 0 Å². The molecule has 0 aliphatic carbocycles. The maximum Gasteiger partial charge on any atom is 0.266 e. The van der Waals surface area contributed by atoms with Crippen molar-refractivity contribution in [2.24, 2.45) is 5.92 Å². The van der Waals surface area contributed by atoms with Gasteiger partial charge < -0.3 is 16.0 Å². The Kier molecular flexibility index (Phi) is 8.29. The number of thiazole rings is 1. The van der Waals surface area contributed by atoms with Gasteiger partial charge in [0.25, 0.3) is 10.0 Å². The quantitative estimate of drug-likeness (QED) is 0.371. The van der Waals surface area contributed by atoms with Crippen molar-refractivity contribution < 1.29 is 12.8 Å². The Labute approximate surface area is 185 Å². The topological polar surface area (TPSA) is 95.1 Å². The minimum Gasteiger partial charge on any atom is -0.384 e. The van der Waals surface area contributed by atoms with Gasteiger partial charge in [-0.2, -0.15) is 0 Å². The van der Waals surface area contributed by atoms with Crippen LogP contribution in [-0.4, -0.2) is 45.6 Å². The van der Waals surface area contributed by atoms with Crippen LogP contribution in [0.1, 0.15) is 26.2 Å². The molecule has 166 valence electrons. The van der Waals surface area contributed by atoms with Gasteiger partial charge in [0, 0.05) is 30.7 Å². The van der Waals surface area contributed by atoms with E-state index in [1.807, 2.05) is 0 Å². The van der Waals surface area contributed by atoms with Crippen LogP contribution in [0.25, 0.3) is 0 Å². The summed E-state index contributed by atoms with van der Waals surface area (Å²) in [7, 11) is -4.10. The lowest BCUT2D eigenvalue weighted by atomic mass is 10.1. The lowest BCUT2D eigenvalue weighted by molar-refractivity contribution is 0.516. The molecule has 1 unspecified atom stereocenters. The Morgan fingerprint density at radius 2 is 2.13 bits per heavy atom. The molecule has 0 saturated carbocycles. The highest BCUT2D eigenvalue weighted by Crippen LogP contribution is 2.29. The third-order valence-electron chi connectivity index (χ3n) is 4.89. The molecule has 0 amide bonds. The predicted molar refractivity (Wildman–Crippen MR) is 120 cm³/mol. The molecule has 30 heavy (non-hydrogen) atoms. The van der Waals surface area contributed by atoms with Crippen molar-refractivity contribution in [2.45, 2.75) is 37.1 Å². The molecular formula is C19H27ClFN5O2S2. The van der Waals surface area contributed by atoms with Gasteiger partial charge in [-0.15, -0.1) is 11.3 Å². The van der Waals surface area contributed by atoms with Crippen molar-refractivity contribution in [3.8, 4) is 0 Å². The van der Waals surface area contributed by atoms with Crippen LogP contribution in [-0.2, 0) is 10.0 Å². The van der Waals surface area contributed by atoms with E-state index in [1.165, 1.54) is 12.6 Å². The number of benzene rings is 1. The van der Waals surface area contributed by atoms with E-state index in [0.717, 1.165) is 61.9 Å². The Morgan fingerprint density at radius 3 is 2.83 bits per heavy atom. The van der Waals surface area contributed by atoms with Crippen LogP contribution < -0.4 is 20.7 Å². The average molecular weight is 476 g/mol. The normalized spacial score (nSPS) is 19.2. The molecule has 11 heteroatoms. The van der Waals surface area contributed by atoms with Crippen molar-refractivity contribution in [1.29, 1.82) is 0 Å². The van der Waals surface area contributed by atoms with Crippen LogP contribution in [0, 0.1) is 11.7 Å². The summed E-state index contributed by atoms with van der Waals surface area (Å²) >= 11 is 7.29. The van der Waals surface area contributed by atoms with Crippen molar-refractivity contribution in [2.75, 3.05) is 36.2 Å². The zero-order valence-corrected chi connectivity index (χ0v) is 19.1. The monoisotopic (exact) mass is 475 g/mol. The van der Waals surface area contributed by atoms with E-state index < -0.39 is 20.7 Å². The molecule has 2 aromatic rings. The highest BCUT2D eigenvalue weighted by Gasteiger charge is 2.22. The first-order valence-electron chi connectivity index (χ1n) is 9.94. The summed E-state index contributed by atoms with van der Waals surface area (Å²) in [4.78, 5) is 3.34. The molecule has 4 N–H and O–H groups in total. The standard InChI is InChI=1S/C19H27ClFN5O2S2/c1-13-8-14(25-11-13)12-22-4-2-3-5-23-17-10-16(21)18(9-15(17)20)30(27,28)26-19-24-6-7-29-19/h6-7,9-10,13-14,22-23,25H,2-5,8,11-12H2,1H3,(H,24,26)/t13-,14?/m0/s1. The zero-order chi connectivity index (χ0) is 21.6. The molecule has 1 aliphatic rings. The molecule has 1 fully saturated rings. The third kappa shape index (κ3) is 6.52. The second-order valence-electron chi connectivity index (χ2n) is 7.49. The number of anilines is 2. The van der Waals surface area contributed by atoms with E-state index in [1.54, 1.807) is 5.38 Å². The molecule has 1 aromatic carbocycles. The van der Waals surface area contributed by atoms with Crippen molar-refractivity contribution in [1.82, 2.24) is 15.6 Å². The number of hydrogen-bond donors (Lipinski definition) is 4. The van der Waals surface area contributed by atoms with E-state index in [9.17, 15) is 12.8 Å². The number of sulfonamides is 1. The number of nitrogens with zero attached hydrogens (tertiary/aromatic N) is 1. The Bertz CT molecular complexity index is 927. The molecule has 1 aliphatic heterocycles. The van der Waals surface area contributed by atoms with Crippen LogP contribution in [0.15, 0.2) is 28.6 Å². The fourth-order valence-corrected chi connectivity index (χ4v) is 5.53. The number of rotatable bonds is 11. The first kappa shape index (κ1) is 23.2. The summed E-state index contributed by atoms with van der Waals surface area (Å²) < 4.78 is 41.5. The lowest BCUT2D eigenvalue weighted by Crippen LogP contribution is -2.34. The van der Waals surface area contributed by atoms with Crippen LogP contribution in [0.2, 0.25) is 5.02 Å². The van der Waals surface area contributed by atoms with Gasteiger partial charge in [-0.25, -0.2) is 17.8 Å². The summed E-state index contributed by atoms with van der Waals surface area (Å²) in [6.45, 7) is 5.85. The maximum atomic E-state index is 14.5. The van der Waals surface area contributed by atoms with E-state index in [2.05, 4.69) is 32.6 Å².